The van der Waals surface area contributed by atoms with E-state index in [0.29, 0.717) is 11.4 Å². The van der Waals surface area contributed by atoms with Gasteiger partial charge in [-0.1, -0.05) is 35.1 Å². The van der Waals surface area contributed by atoms with Crippen molar-refractivity contribution in [1.82, 2.24) is 9.97 Å². The van der Waals surface area contributed by atoms with Crippen molar-refractivity contribution in [2.75, 3.05) is 36.5 Å². The Bertz CT molecular complexity index is 1250. The summed E-state index contributed by atoms with van der Waals surface area (Å²) in [5.74, 6) is -0.0816. The van der Waals surface area contributed by atoms with E-state index in [1.807, 2.05) is 47.8 Å². The second kappa shape index (κ2) is 9.54. The Balaban J connectivity index is 1.21. The molecular formula is C23H21ClN4O2S2. The molecule has 3 heterocycles. The lowest BCUT2D eigenvalue weighted by molar-refractivity contribution is -0.115. The largest absolute Gasteiger partial charge is 0.378 e. The first-order valence-electron chi connectivity index (χ1n) is 10.3. The Morgan fingerprint density at radius 3 is 2.88 bits per heavy atom. The molecule has 0 spiro atoms. The summed E-state index contributed by atoms with van der Waals surface area (Å²) in [4.78, 5) is 24.2. The van der Waals surface area contributed by atoms with E-state index >= 15 is 0 Å². The zero-order chi connectivity index (χ0) is 21.9. The Morgan fingerprint density at radius 1 is 1.16 bits per heavy atom. The zero-order valence-corrected chi connectivity index (χ0v) is 19.6. The third-order valence-electron chi connectivity index (χ3n) is 5.13. The monoisotopic (exact) mass is 484 g/mol. The van der Waals surface area contributed by atoms with Crippen molar-refractivity contribution in [3.8, 4) is 0 Å². The summed E-state index contributed by atoms with van der Waals surface area (Å²) in [5.41, 5.74) is 3.60. The van der Waals surface area contributed by atoms with Gasteiger partial charge in [0, 0.05) is 35.6 Å². The van der Waals surface area contributed by atoms with Gasteiger partial charge in [-0.25, -0.2) is 9.97 Å². The lowest BCUT2D eigenvalue weighted by Crippen LogP contribution is -2.36. The Labute approximate surface area is 198 Å². The lowest BCUT2D eigenvalue weighted by atomic mass is 10.2. The molecule has 6 nitrogen and oxygen atoms in total. The standard InChI is InChI=1S/C23H21ClN4O2S2/c24-16-3-1-2-15(10-16)11-22-26-18(14-31-22)13-21(29)25-17-4-5-19-20(12-17)32-23(27-19)28-6-8-30-9-7-28/h1-5,10,12,14H,6-9,11,13H2,(H,25,29). The van der Waals surface area contributed by atoms with Crippen molar-refractivity contribution >= 4 is 61.2 Å². The molecule has 4 aromatic rings. The topological polar surface area (TPSA) is 67.4 Å². The van der Waals surface area contributed by atoms with Gasteiger partial charge in [0.25, 0.3) is 0 Å². The smallest absolute Gasteiger partial charge is 0.230 e. The number of amides is 1. The third kappa shape index (κ3) is 5.10. The number of ether oxygens (including phenoxy) is 1. The van der Waals surface area contributed by atoms with Crippen LogP contribution in [0.15, 0.2) is 47.8 Å². The van der Waals surface area contributed by atoms with E-state index in [0.717, 1.165) is 63.6 Å². The molecule has 0 bridgehead atoms. The van der Waals surface area contributed by atoms with Crippen molar-refractivity contribution in [3.63, 3.8) is 0 Å². The number of halogens is 1. The van der Waals surface area contributed by atoms with Crippen LogP contribution in [-0.2, 0) is 22.4 Å². The summed E-state index contributed by atoms with van der Waals surface area (Å²) in [6.45, 7) is 3.18. The van der Waals surface area contributed by atoms with Gasteiger partial charge >= 0.3 is 0 Å². The molecule has 0 unspecified atom stereocenters. The summed E-state index contributed by atoms with van der Waals surface area (Å²) >= 11 is 9.26. The number of anilines is 2. The Hall–Kier alpha value is -2.52. The number of carbonyl (C=O) groups is 1. The Kier molecular flexibility index (Phi) is 6.36. The molecule has 2 aromatic carbocycles. The molecule has 0 aliphatic carbocycles. The summed E-state index contributed by atoms with van der Waals surface area (Å²) < 4.78 is 6.48. The van der Waals surface area contributed by atoms with Crippen LogP contribution in [-0.4, -0.2) is 42.2 Å². The number of benzene rings is 2. The number of morpholine rings is 1. The van der Waals surface area contributed by atoms with Crippen LogP contribution in [0, 0.1) is 0 Å². The number of thiazole rings is 2. The number of rotatable bonds is 6. The summed E-state index contributed by atoms with van der Waals surface area (Å²) in [7, 11) is 0. The summed E-state index contributed by atoms with van der Waals surface area (Å²) in [6, 6.07) is 13.6. The predicted molar refractivity (Wildman–Crippen MR) is 131 cm³/mol. The van der Waals surface area contributed by atoms with E-state index in [1.165, 1.54) is 0 Å². The van der Waals surface area contributed by atoms with Crippen LogP contribution in [0.2, 0.25) is 5.02 Å². The first kappa shape index (κ1) is 21.3. The maximum absolute atomic E-state index is 12.6. The molecular weight excluding hydrogens is 464 g/mol. The normalized spacial score (nSPS) is 14.1. The minimum atomic E-state index is -0.0816. The number of hydrogen-bond acceptors (Lipinski definition) is 7. The van der Waals surface area contributed by atoms with Gasteiger partial charge in [-0.2, -0.15) is 0 Å². The fourth-order valence-corrected chi connectivity index (χ4v) is 5.68. The first-order valence-corrected chi connectivity index (χ1v) is 12.4. The number of nitrogens with zero attached hydrogens (tertiary/aromatic N) is 3. The van der Waals surface area contributed by atoms with Crippen LogP contribution >= 0.6 is 34.3 Å². The molecule has 1 amide bonds. The lowest BCUT2D eigenvalue weighted by Gasteiger charge is -2.25. The molecule has 1 aliphatic heterocycles. The number of aromatic nitrogens is 2. The second-order valence-corrected chi connectivity index (χ2v) is 9.93. The van der Waals surface area contributed by atoms with Gasteiger partial charge < -0.3 is 15.0 Å². The van der Waals surface area contributed by atoms with Gasteiger partial charge in [0.05, 0.1) is 40.6 Å². The molecule has 1 saturated heterocycles. The molecule has 9 heteroatoms. The van der Waals surface area contributed by atoms with Crippen LogP contribution in [0.3, 0.4) is 0 Å². The van der Waals surface area contributed by atoms with Crippen LogP contribution in [0.1, 0.15) is 16.3 Å². The van der Waals surface area contributed by atoms with Crippen molar-refractivity contribution in [1.29, 1.82) is 0 Å². The average molecular weight is 485 g/mol. The molecule has 0 saturated carbocycles. The van der Waals surface area contributed by atoms with E-state index in [4.69, 9.17) is 21.3 Å². The van der Waals surface area contributed by atoms with Gasteiger partial charge in [0.15, 0.2) is 5.13 Å². The van der Waals surface area contributed by atoms with E-state index in [9.17, 15) is 4.79 Å². The number of hydrogen-bond donors (Lipinski definition) is 1. The van der Waals surface area contributed by atoms with Crippen LogP contribution in [0.4, 0.5) is 10.8 Å². The number of fused-ring (bicyclic) bond motifs is 1. The molecule has 1 fully saturated rings. The molecule has 164 valence electrons. The first-order chi connectivity index (χ1) is 15.6. The van der Waals surface area contributed by atoms with Crippen LogP contribution in [0.5, 0.6) is 0 Å². The van der Waals surface area contributed by atoms with Crippen molar-refractivity contribution in [2.45, 2.75) is 12.8 Å². The van der Waals surface area contributed by atoms with E-state index in [-0.39, 0.29) is 12.3 Å². The number of carbonyl (C=O) groups excluding carboxylic acids is 1. The fraction of sp³-hybridized carbons (Fsp3) is 0.261. The average Bonchev–Trinajstić information content (AvgIpc) is 3.40. The van der Waals surface area contributed by atoms with Gasteiger partial charge in [-0.3, -0.25) is 4.79 Å². The van der Waals surface area contributed by atoms with E-state index in [1.54, 1.807) is 22.7 Å². The van der Waals surface area contributed by atoms with Crippen molar-refractivity contribution in [3.05, 3.63) is 69.1 Å². The van der Waals surface area contributed by atoms with E-state index < -0.39 is 0 Å². The fourth-order valence-electron chi connectivity index (χ4n) is 3.58. The van der Waals surface area contributed by atoms with E-state index in [2.05, 4.69) is 15.2 Å². The maximum Gasteiger partial charge on any atom is 0.230 e. The number of nitrogens with one attached hydrogen (secondary N) is 1. The van der Waals surface area contributed by atoms with Gasteiger partial charge in [-0.05, 0) is 35.9 Å². The molecule has 1 N–H and O–H groups in total. The van der Waals surface area contributed by atoms with Crippen molar-refractivity contribution in [2.24, 2.45) is 0 Å². The third-order valence-corrected chi connectivity index (χ3v) is 7.34. The second-order valence-electron chi connectivity index (χ2n) is 7.54. The highest BCUT2D eigenvalue weighted by Gasteiger charge is 2.16. The molecule has 0 atom stereocenters. The van der Waals surface area contributed by atoms with Crippen LogP contribution in [0.25, 0.3) is 10.2 Å². The SMILES string of the molecule is O=C(Cc1csc(Cc2cccc(Cl)c2)n1)Nc1ccc2nc(N3CCOCC3)sc2c1. The van der Waals surface area contributed by atoms with Crippen molar-refractivity contribution < 1.29 is 9.53 Å². The zero-order valence-electron chi connectivity index (χ0n) is 17.2. The highest BCUT2D eigenvalue weighted by Crippen LogP contribution is 2.31. The minimum Gasteiger partial charge on any atom is -0.378 e. The summed E-state index contributed by atoms with van der Waals surface area (Å²) in [5, 5.41) is 7.62. The van der Waals surface area contributed by atoms with Gasteiger partial charge in [0.2, 0.25) is 5.91 Å². The highest BCUT2D eigenvalue weighted by molar-refractivity contribution is 7.22. The highest BCUT2D eigenvalue weighted by atomic mass is 35.5. The molecule has 1 aliphatic rings. The van der Waals surface area contributed by atoms with Gasteiger partial charge in [0.1, 0.15) is 0 Å². The quantitative estimate of drug-likeness (QED) is 0.416. The minimum absolute atomic E-state index is 0.0816. The summed E-state index contributed by atoms with van der Waals surface area (Å²) in [6.07, 6.45) is 0.951. The predicted octanol–water partition coefficient (Wildman–Crippen LogP) is 5.01. The Morgan fingerprint density at radius 2 is 2.03 bits per heavy atom. The maximum atomic E-state index is 12.6. The molecule has 5 rings (SSSR count). The molecule has 0 radical (unpaired) electrons. The molecule has 32 heavy (non-hydrogen) atoms. The van der Waals surface area contributed by atoms with Gasteiger partial charge in [-0.15, -0.1) is 11.3 Å². The van der Waals surface area contributed by atoms with Crippen LogP contribution < -0.4 is 10.2 Å². The molecule has 2 aromatic heterocycles.